The molecule has 0 saturated heterocycles. The molecule has 2 unspecified atom stereocenters. The number of aromatic nitrogens is 2. The van der Waals surface area contributed by atoms with Crippen LogP contribution in [-0.4, -0.2) is 52.8 Å². The molecular formula is C21H22F3N3O5. The topological polar surface area (TPSA) is 94.8 Å². The maximum absolute atomic E-state index is 13.0. The molecule has 1 amide bonds. The number of nitrogens with zero attached hydrogens (tertiary/aromatic N) is 2. The molecule has 2 aromatic rings. The zero-order valence-electron chi connectivity index (χ0n) is 17.0. The van der Waals surface area contributed by atoms with Crippen molar-refractivity contribution in [2.75, 3.05) is 19.8 Å². The average molecular weight is 453 g/mol. The number of hydrogen-bond donors (Lipinski definition) is 2. The standard InChI is InChI=1S/C21H22F3N3O5/c22-21(23,24)12-3-4-17-14(5-12)19(28)16(10-31-17)25-20(29)15-6-18-27(26-15)7-13(32-18)9-30-8-11-1-2-11/h3-6,11,13,16,19,28H,1-2,7-10H2,(H,25,29)/t13?,16-,19?/m0/s1. The normalized spacial score (nSPS) is 24.3. The molecule has 0 spiro atoms. The third-order valence-electron chi connectivity index (χ3n) is 5.77. The largest absolute Gasteiger partial charge is 0.491 e. The first kappa shape index (κ1) is 21.1. The number of hydrogen-bond acceptors (Lipinski definition) is 6. The number of alkyl halides is 3. The van der Waals surface area contributed by atoms with E-state index in [0.29, 0.717) is 24.9 Å². The van der Waals surface area contributed by atoms with E-state index in [2.05, 4.69) is 10.4 Å². The van der Waals surface area contributed by atoms with Gasteiger partial charge in [-0.05, 0) is 37.0 Å². The summed E-state index contributed by atoms with van der Waals surface area (Å²) in [6.07, 6.45) is -3.66. The number of fused-ring (bicyclic) bond motifs is 2. The lowest BCUT2D eigenvalue weighted by Gasteiger charge is -2.31. The van der Waals surface area contributed by atoms with E-state index in [4.69, 9.17) is 14.2 Å². The molecule has 1 aliphatic carbocycles. The molecule has 1 fully saturated rings. The summed E-state index contributed by atoms with van der Waals surface area (Å²) < 4.78 is 57.4. The van der Waals surface area contributed by atoms with Gasteiger partial charge in [0.1, 0.15) is 24.6 Å². The summed E-state index contributed by atoms with van der Waals surface area (Å²) in [7, 11) is 0. The van der Waals surface area contributed by atoms with Crippen molar-refractivity contribution in [3.05, 3.63) is 41.1 Å². The van der Waals surface area contributed by atoms with Crippen molar-refractivity contribution in [3.8, 4) is 11.6 Å². The third-order valence-corrected chi connectivity index (χ3v) is 5.77. The number of amides is 1. The minimum absolute atomic E-state index is 0.0268. The van der Waals surface area contributed by atoms with Crippen LogP contribution in [0.15, 0.2) is 24.3 Å². The molecule has 172 valence electrons. The number of carbonyl (C=O) groups is 1. The van der Waals surface area contributed by atoms with Crippen molar-refractivity contribution in [1.29, 1.82) is 0 Å². The Morgan fingerprint density at radius 2 is 2.09 bits per heavy atom. The van der Waals surface area contributed by atoms with Gasteiger partial charge in [-0.15, -0.1) is 0 Å². The molecule has 3 heterocycles. The zero-order chi connectivity index (χ0) is 22.5. The van der Waals surface area contributed by atoms with Gasteiger partial charge in [-0.1, -0.05) is 0 Å². The van der Waals surface area contributed by atoms with Crippen molar-refractivity contribution >= 4 is 5.91 Å². The predicted octanol–water partition coefficient (Wildman–Crippen LogP) is 2.31. The van der Waals surface area contributed by atoms with Crippen LogP contribution in [0.2, 0.25) is 0 Å². The maximum Gasteiger partial charge on any atom is 0.416 e. The Labute approximate surface area is 181 Å². The Morgan fingerprint density at radius 1 is 1.28 bits per heavy atom. The smallest absolute Gasteiger partial charge is 0.416 e. The fraction of sp³-hybridized carbons (Fsp3) is 0.524. The first-order valence-electron chi connectivity index (χ1n) is 10.4. The number of rotatable bonds is 6. The number of carbonyl (C=O) groups excluding carboxylic acids is 1. The van der Waals surface area contributed by atoms with Crippen molar-refractivity contribution in [1.82, 2.24) is 15.1 Å². The van der Waals surface area contributed by atoms with Gasteiger partial charge in [0.25, 0.3) is 5.91 Å². The van der Waals surface area contributed by atoms with Gasteiger partial charge in [0.15, 0.2) is 5.69 Å². The number of aliphatic hydroxyl groups is 1. The monoisotopic (exact) mass is 453 g/mol. The zero-order valence-corrected chi connectivity index (χ0v) is 17.0. The van der Waals surface area contributed by atoms with E-state index in [1.54, 1.807) is 4.68 Å². The molecule has 1 aromatic heterocycles. The fourth-order valence-electron chi connectivity index (χ4n) is 3.81. The van der Waals surface area contributed by atoms with Gasteiger partial charge in [-0.25, -0.2) is 4.68 Å². The lowest BCUT2D eigenvalue weighted by Crippen LogP contribution is -2.45. The molecule has 0 radical (unpaired) electrons. The SMILES string of the molecule is O=C(N[C@H]1COc2ccc(C(F)(F)F)cc2C1O)c1cc2n(n1)CC(COCC1CC1)O2. The Bertz CT molecular complexity index is 997. The average Bonchev–Trinajstić information content (AvgIpc) is 3.36. The number of aliphatic hydroxyl groups excluding tert-OH is 1. The van der Waals surface area contributed by atoms with Gasteiger partial charge in [-0.3, -0.25) is 4.79 Å². The highest BCUT2D eigenvalue weighted by atomic mass is 19.4. The molecule has 0 bridgehead atoms. The molecule has 8 nitrogen and oxygen atoms in total. The summed E-state index contributed by atoms with van der Waals surface area (Å²) in [6, 6.07) is 3.45. The van der Waals surface area contributed by atoms with Gasteiger partial charge >= 0.3 is 6.18 Å². The summed E-state index contributed by atoms with van der Waals surface area (Å²) >= 11 is 0. The second-order valence-electron chi connectivity index (χ2n) is 8.36. The Hall–Kier alpha value is -2.79. The number of halogens is 3. The van der Waals surface area contributed by atoms with E-state index in [-0.39, 0.29) is 29.7 Å². The van der Waals surface area contributed by atoms with E-state index in [1.807, 2.05) is 0 Å². The Balaban J connectivity index is 1.20. The van der Waals surface area contributed by atoms with Gasteiger partial charge in [0, 0.05) is 18.2 Å². The number of ether oxygens (including phenoxy) is 3. The van der Waals surface area contributed by atoms with Crippen LogP contribution in [0.1, 0.15) is 40.6 Å². The maximum atomic E-state index is 13.0. The highest BCUT2D eigenvalue weighted by Crippen LogP contribution is 2.38. The van der Waals surface area contributed by atoms with E-state index in [1.165, 1.54) is 25.0 Å². The summed E-state index contributed by atoms with van der Waals surface area (Å²) in [4.78, 5) is 12.6. The molecule has 1 saturated carbocycles. The highest BCUT2D eigenvalue weighted by molar-refractivity contribution is 5.92. The lowest BCUT2D eigenvalue weighted by atomic mass is 9.97. The van der Waals surface area contributed by atoms with Gasteiger partial charge in [-0.2, -0.15) is 18.3 Å². The van der Waals surface area contributed by atoms with Crippen molar-refractivity contribution in [2.45, 2.75) is 43.8 Å². The van der Waals surface area contributed by atoms with Crippen LogP contribution in [-0.2, 0) is 17.5 Å². The highest BCUT2D eigenvalue weighted by Gasteiger charge is 2.36. The molecule has 5 rings (SSSR count). The second-order valence-corrected chi connectivity index (χ2v) is 8.36. The van der Waals surface area contributed by atoms with Crippen LogP contribution < -0.4 is 14.8 Å². The first-order chi connectivity index (χ1) is 15.3. The van der Waals surface area contributed by atoms with Crippen LogP contribution in [0.3, 0.4) is 0 Å². The van der Waals surface area contributed by atoms with E-state index in [0.717, 1.165) is 18.7 Å². The van der Waals surface area contributed by atoms with Gasteiger partial charge in [0.2, 0.25) is 5.88 Å². The molecule has 2 aliphatic heterocycles. The minimum atomic E-state index is -4.55. The Kier molecular flexibility index (Phi) is 5.25. The van der Waals surface area contributed by atoms with Gasteiger partial charge in [0.05, 0.1) is 24.8 Å². The summed E-state index contributed by atoms with van der Waals surface area (Å²) in [5.41, 5.74) is -0.843. The molecule has 1 aromatic carbocycles. The molecule has 32 heavy (non-hydrogen) atoms. The van der Waals surface area contributed by atoms with Crippen LogP contribution in [0.4, 0.5) is 13.2 Å². The van der Waals surface area contributed by atoms with Crippen molar-refractivity contribution < 1.29 is 37.3 Å². The van der Waals surface area contributed by atoms with Crippen LogP contribution in [0.25, 0.3) is 0 Å². The molecule has 3 atom stereocenters. The van der Waals surface area contributed by atoms with Crippen LogP contribution in [0.5, 0.6) is 11.6 Å². The second kappa shape index (κ2) is 7.96. The Morgan fingerprint density at radius 3 is 2.81 bits per heavy atom. The lowest BCUT2D eigenvalue weighted by molar-refractivity contribution is -0.137. The fourth-order valence-corrected chi connectivity index (χ4v) is 3.81. The number of nitrogens with one attached hydrogen (secondary N) is 1. The molecule has 11 heteroatoms. The minimum Gasteiger partial charge on any atom is -0.491 e. The molecule has 3 aliphatic rings. The van der Waals surface area contributed by atoms with E-state index < -0.39 is 29.8 Å². The van der Waals surface area contributed by atoms with Crippen molar-refractivity contribution in [2.24, 2.45) is 5.92 Å². The van der Waals surface area contributed by atoms with Gasteiger partial charge < -0.3 is 24.6 Å². The van der Waals surface area contributed by atoms with E-state index in [9.17, 15) is 23.1 Å². The van der Waals surface area contributed by atoms with Crippen LogP contribution >= 0.6 is 0 Å². The third kappa shape index (κ3) is 4.26. The molecular weight excluding hydrogens is 431 g/mol. The first-order valence-corrected chi connectivity index (χ1v) is 10.4. The van der Waals surface area contributed by atoms with E-state index >= 15 is 0 Å². The summed E-state index contributed by atoms with van der Waals surface area (Å²) in [5, 5.41) is 17.4. The quantitative estimate of drug-likeness (QED) is 0.697. The number of benzene rings is 1. The predicted molar refractivity (Wildman–Crippen MR) is 103 cm³/mol. The van der Waals surface area contributed by atoms with Crippen LogP contribution in [0, 0.1) is 5.92 Å². The summed E-state index contributed by atoms with van der Waals surface area (Å²) in [6.45, 7) is 1.55. The summed E-state index contributed by atoms with van der Waals surface area (Å²) in [5.74, 6) is 0.672. The molecule has 2 N–H and O–H groups in total. The van der Waals surface area contributed by atoms with Crippen molar-refractivity contribution in [3.63, 3.8) is 0 Å².